The van der Waals surface area contributed by atoms with Crippen LogP contribution in [0, 0.1) is 0 Å². The maximum atomic E-state index is 12.5. The third kappa shape index (κ3) is 2.49. The molecule has 1 fully saturated rings. The first-order valence-corrected chi connectivity index (χ1v) is 7.29. The maximum Gasteiger partial charge on any atom is 0.255 e. The molecule has 1 aromatic heterocycles. The van der Waals surface area contributed by atoms with Crippen LogP contribution >= 0.6 is 11.6 Å². The zero-order chi connectivity index (χ0) is 13.3. The van der Waals surface area contributed by atoms with E-state index in [1.54, 1.807) is 0 Å². The minimum Gasteiger partial charge on any atom is -0.309 e. The first-order chi connectivity index (χ1) is 8.45. The predicted octanol–water partition coefficient (Wildman–Crippen LogP) is 4.00. The molecule has 0 aliphatic heterocycles. The molecule has 3 heteroatoms. The van der Waals surface area contributed by atoms with Gasteiger partial charge in [0.1, 0.15) is 0 Å². The van der Waals surface area contributed by atoms with E-state index in [2.05, 4.69) is 26.8 Å². The summed E-state index contributed by atoms with van der Waals surface area (Å²) in [6, 6.07) is 4.34. The number of hydrogen-bond acceptors (Lipinski definition) is 1. The van der Waals surface area contributed by atoms with Crippen molar-refractivity contribution in [3.63, 3.8) is 0 Å². The molecule has 1 aliphatic rings. The number of nitrogens with zero attached hydrogens (tertiary/aromatic N) is 1. The average molecular weight is 268 g/mol. The molecule has 18 heavy (non-hydrogen) atoms. The lowest BCUT2D eigenvalue weighted by Gasteiger charge is -2.28. The minimum atomic E-state index is -0.00735. The van der Waals surface area contributed by atoms with Crippen molar-refractivity contribution in [2.45, 2.75) is 63.8 Å². The normalized spacial score (nSPS) is 17.3. The van der Waals surface area contributed by atoms with Crippen LogP contribution in [0.3, 0.4) is 0 Å². The van der Waals surface area contributed by atoms with Crippen LogP contribution in [0.15, 0.2) is 16.9 Å². The molecule has 1 saturated carbocycles. The van der Waals surface area contributed by atoms with Gasteiger partial charge in [-0.1, -0.05) is 39.7 Å². The zero-order valence-corrected chi connectivity index (χ0v) is 12.3. The molecule has 0 bridgehead atoms. The SMILES string of the molecule is CC(C)(C)c1ccc(CCl)c(=O)n1C1CCCC1. The Labute approximate surface area is 114 Å². The molecule has 0 aromatic carbocycles. The Morgan fingerprint density at radius 1 is 1.28 bits per heavy atom. The Bertz CT molecular complexity index is 478. The zero-order valence-electron chi connectivity index (χ0n) is 11.5. The highest BCUT2D eigenvalue weighted by Gasteiger charge is 2.26. The summed E-state index contributed by atoms with van der Waals surface area (Å²) in [5.74, 6) is 0.302. The van der Waals surface area contributed by atoms with Crippen molar-refractivity contribution in [3.05, 3.63) is 33.7 Å². The number of halogens is 1. The van der Waals surface area contributed by atoms with Gasteiger partial charge in [0.25, 0.3) is 5.56 Å². The van der Waals surface area contributed by atoms with Crippen molar-refractivity contribution in [3.8, 4) is 0 Å². The highest BCUT2D eigenvalue weighted by molar-refractivity contribution is 6.17. The van der Waals surface area contributed by atoms with Gasteiger partial charge in [0.2, 0.25) is 0 Å². The third-order valence-corrected chi connectivity index (χ3v) is 4.09. The molecule has 0 unspecified atom stereocenters. The second kappa shape index (κ2) is 5.08. The summed E-state index contributed by atoms with van der Waals surface area (Å²) in [6.45, 7) is 6.48. The molecule has 1 aromatic rings. The van der Waals surface area contributed by atoms with Gasteiger partial charge >= 0.3 is 0 Å². The fraction of sp³-hybridized carbons (Fsp3) is 0.667. The van der Waals surface area contributed by atoms with E-state index >= 15 is 0 Å². The quantitative estimate of drug-likeness (QED) is 0.743. The van der Waals surface area contributed by atoms with Crippen LogP contribution in [-0.4, -0.2) is 4.57 Å². The lowest BCUT2D eigenvalue weighted by Crippen LogP contribution is -2.33. The average Bonchev–Trinajstić information content (AvgIpc) is 2.80. The number of rotatable bonds is 2. The van der Waals surface area contributed by atoms with Crippen LogP contribution in [-0.2, 0) is 11.3 Å². The van der Waals surface area contributed by atoms with Gasteiger partial charge in [-0.3, -0.25) is 4.79 Å². The minimum absolute atomic E-state index is 0.00735. The van der Waals surface area contributed by atoms with Gasteiger partial charge in [-0.2, -0.15) is 0 Å². The molecule has 2 rings (SSSR count). The molecule has 0 amide bonds. The van der Waals surface area contributed by atoms with Crippen LogP contribution in [0.25, 0.3) is 0 Å². The van der Waals surface area contributed by atoms with Gasteiger partial charge in [0.15, 0.2) is 0 Å². The Kier molecular flexibility index (Phi) is 3.86. The van der Waals surface area contributed by atoms with Crippen LogP contribution < -0.4 is 5.56 Å². The van der Waals surface area contributed by atoms with Crippen molar-refractivity contribution in [2.24, 2.45) is 0 Å². The summed E-state index contributed by atoms with van der Waals surface area (Å²) < 4.78 is 2.02. The molecule has 2 nitrogen and oxygen atoms in total. The van der Waals surface area contributed by atoms with Crippen LogP contribution in [0.1, 0.15) is 63.8 Å². The summed E-state index contributed by atoms with van der Waals surface area (Å²) >= 11 is 5.86. The highest BCUT2D eigenvalue weighted by atomic mass is 35.5. The second-order valence-corrected chi connectivity index (χ2v) is 6.51. The number of alkyl halides is 1. The van der Waals surface area contributed by atoms with Crippen molar-refractivity contribution >= 4 is 11.6 Å². The molecule has 0 atom stereocenters. The van der Waals surface area contributed by atoms with Gasteiger partial charge in [-0.25, -0.2) is 0 Å². The number of aromatic nitrogens is 1. The Balaban J connectivity index is 2.60. The fourth-order valence-electron chi connectivity index (χ4n) is 2.83. The summed E-state index contributed by atoms with van der Waals surface area (Å²) in [6.07, 6.45) is 4.70. The Morgan fingerprint density at radius 3 is 2.39 bits per heavy atom. The monoisotopic (exact) mass is 267 g/mol. The van der Waals surface area contributed by atoms with E-state index < -0.39 is 0 Å². The largest absolute Gasteiger partial charge is 0.309 e. The molecule has 0 saturated heterocycles. The van der Waals surface area contributed by atoms with E-state index in [0.717, 1.165) is 24.1 Å². The summed E-state index contributed by atoms with van der Waals surface area (Å²) in [4.78, 5) is 12.5. The molecule has 1 heterocycles. The molecule has 1 aliphatic carbocycles. The molecule has 0 N–H and O–H groups in total. The summed E-state index contributed by atoms with van der Waals surface area (Å²) in [5.41, 5.74) is 1.96. The number of pyridine rings is 1. The molecular formula is C15H22ClNO. The standard InChI is InChI=1S/C15H22ClNO/c1-15(2,3)13-9-8-11(10-16)14(18)17(13)12-6-4-5-7-12/h8-9,12H,4-7,10H2,1-3H3. The first-order valence-electron chi connectivity index (χ1n) is 6.76. The summed E-state index contributed by atoms with van der Waals surface area (Å²) in [7, 11) is 0. The maximum absolute atomic E-state index is 12.5. The van der Waals surface area contributed by atoms with Crippen molar-refractivity contribution in [1.82, 2.24) is 4.57 Å². The second-order valence-electron chi connectivity index (χ2n) is 6.24. The van der Waals surface area contributed by atoms with Crippen molar-refractivity contribution in [2.75, 3.05) is 0 Å². The third-order valence-electron chi connectivity index (χ3n) is 3.80. The number of hydrogen-bond donors (Lipinski definition) is 0. The van der Waals surface area contributed by atoms with Gasteiger partial charge in [-0.05, 0) is 18.9 Å². The van der Waals surface area contributed by atoms with E-state index in [4.69, 9.17) is 11.6 Å². The smallest absolute Gasteiger partial charge is 0.255 e. The van der Waals surface area contributed by atoms with E-state index in [1.807, 2.05) is 10.6 Å². The van der Waals surface area contributed by atoms with E-state index in [1.165, 1.54) is 12.8 Å². The van der Waals surface area contributed by atoms with Gasteiger partial charge in [0, 0.05) is 22.7 Å². The fourth-order valence-corrected chi connectivity index (χ4v) is 3.04. The van der Waals surface area contributed by atoms with E-state index in [0.29, 0.717) is 11.9 Å². The van der Waals surface area contributed by atoms with Crippen molar-refractivity contribution in [1.29, 1.82) is 0 Å². The van der Waals surface area contributed by atoms with Crippen LogP contribution in [0.4, 0.5) is 0 Å². The van der Waals surface area contributed by atoms with E-state index in [9.17, 15) is 4.79 Å². The lowest BCUT2D eigenvalue weighted by molar-refractivity contribution is 0.430. The van der Waals surface area contributed by atoms with Gasteiger partial charge in [-0.15, -0.1) is 11.6 Å². The molecule has 100 valence electrons. The molecule has 0 radical (unpaired) electrons. The summed E-state index contributed by atoms with van der Waals surface area (Å²) in [5, 5.41) is 0. The Morgan fingerprint density at radius 2 is 1.89 bits per heavy atom. The molecule has 0 spiro atoms. The molecular weight excluding hydrogens is 246 g/mol. The van der Waals surface area contributed by atoms with Gasteiger partial charge < -0.3 is 4.57 Å². The highest BCUT2D eigenvalue weighted by Crippen LogP contribution is 2.32. The Hall–Kier alpha value is -0.760. The van der Waals surface area contributed by atoms with Gasteiger partial charge in [0.05, 0.1) is 5.88 Å². The lowest BCUT2D eigenvalue weighted by atomic mass is 9.90. The predicted molar refractivity (Wildman–Crippen MR) is 76.5 cm³/mol. The van der Waals surface area contributed by atoms with E-state index in [-0.39, 0.29) is 11.0 Å². The van der Waals surface area contributed by atoms with Crippen molar-refractivity contribution < 1.29 is 0 Å². The van der Waals surface area contributed by atoms with Crippen LogP contribution in [0.2, 0.25) is 0 Å². The van der Waals surface area contributed by atoms with Crippen LogP contribution in [0.5, 0.6) is 0 Å². The first kappa shape index (κ1) is 13.7. The topological polar surface area (TPSA) is 22.0 Å².